The number of allylic oxidation sites excluding steroid dienone is 1. The second-order valence-electron chi connectivity index (χ2n) is 3.35. The quantitative estimate of drug-likeness (QED) is 0.684. The third kappa shape index (κ3) is 4.36. The van der Waals surface area contributed by atoms with Crippen LogP contribution in [-0.2, 0) is 6.42 Å². The zero-order chi connectivity index (χ0) is 9.52. The molecule has 0 aliphatic heterocycles. The molecule has 0 saturated carbocycles. The molecule has 0 aliphatic carbocycles. The van der Waals surface area contributed by atoms with E-state index in [4.69, 9.17) is 5.73 Å². The summed E-state index contributed by atoms with van der Waals surface area (Å²) < 4.78 is 0. The standard InChI is InChI=1S/C12H17N/c1-11(13)7-5-6-10-12-8-3-2-4-9-12/h2-4,8-9H,1,5-7,10,13H2. The van der Waals surface area contributed by atoms with Gasteiger partial charge >= 0.3 is 0 Å². The highest BCUT2D eigenvalue weighted by Gasteiger charge is 1.92. The van der Waals surface area contributed by atoms with Gasteiger partial charge in [-0.25, -0.2) is 0 Å². The van der Waals surface area contributed by atoms with Gasteiger partial charge in [0.2, 0.25) is 0 Å². The highest BCUT2D eigenvalue weighted by Crippen LogP contribution is 2.07. The molecular formula is C12H17N. The van der Waals surface area contributed by atoms with Gasteiger partial charge in [0.1, 0.15) is 0 Å². The van der Waals surface area contributed by atoms with Crippen LogP contribution in [0.4, 0.5) is 0 Å². The van der Waals surface area contributed by atoms with Crippen LogP contribution in [0.1, 0.15) is 24.8 Å². The van der Waals surface area contributed by atoms with Gasteiger partial charge in [-0.05, 0) is 31.2 Å². The van der Waals surface area contributed by atoms with Gasteiger partial charge in [-0.3, -0.25) is 0 Å². The van der Waals surface area contributed by atoms with Crippen molar-refractivity contribution < 1.29 is 0 Å². The van der Waals surface area contributed by atoms with Crippen molar-refractivity contribution in [3.63, 3.8) is 0 Å². The molecule has 1 rings (SSSR count). The van der Waals surface area contributed by atoms with E-state index < -0.39 is 0 Å². The van der Waals surface area contributed by atoms with E-state index in [-0.39, 0.29) is 0 Å². The lowest BCUT2D eigenvalue weighted by Crippen LogP contribution is -1.94. The number of unbranched alkanes of at least 4 members (excludes halogenated alkanes) is 1. The molecule has 0 aromatic heterocycles. The van der Waals surface area contributed by atoms with Gasteiger partial charge in [0.05, 0.1) is 0 Å². The Bertz CT molecular complexity index is 251. The maximum atomic E-state index is 5.48. The normalized spacial score (nSPS) is 9.85. The monoisotopic (exact) mass is 175 g/mol. The first kappa shape index (κ1) is 9.85. The Balaban J connectivity index is 2.17. The zero-order valence-electron chi connectivity index (χ0n) is 8.00. The maximum absolute atomic E-state index is 5.48. The summed E-state index contributed by atoms with van der Waals surface area (Å²) >= 11 is 0. The highest BCUT2D eigenvalue weighted by molar-refractivity contribution is 5.14. The van der Waals surface area contributed by atoms with Crippen molar-refractivity contribution in [3.05, 3.63) is 48.2 Å². The van der Waals surface area contributed by atoms with Gasteiger partial charge in [-0.1, -0.05) is 36.9 Å². The molecule has 0 saturated heterocycles. The molecule has 0 heterocycles. The van der Waals surface area contributed by atoms with Gasteiger partial charge in [0.15, 0.2) is 0 Å². The smallest absolute Gasteiger partial charge is 0.000744 e. The Morgan fingerprint density at radius 1 is 1.15 bits per heavy atom. The Labute approximate surface area is 80.3 Å². The van der Waals surface area contributed by atoms with Crippen LogP contribution in [0.25, 0.3) is 0 Å². The van der Waals surface area contributed by atoms with E-state index in [0.29, 0.717) is 0 Å². The number of hydrogen-bond acceptors (Lipinski definition) is 1. The van der Waals surface area contributed by atoms with Crippen LogP contribution in [-0.4, -0.2) is 0 Å². The molecule has 2 N–H and O–H groups in total. The van der Waals surface area contributed by atoms with Crippen LogP contribution < -0.4 is 5.73 Å². The summed E-state index contributed by atoms with van der Waals surface area (Å²) in [4.78, 5) is 0. The van der Waals surface area contributed by atoms with E-state index in [1.807, 2.05) is 6.07 Å². The predicted octanol–water partition coefficient (Wildman–Crippen LogP) is 2.87. The van der Waals surface area contributed by atoms with Crippen molar-refractivity contribution in [1.82, 2.24) is 0 Å². The summed E-state index contributed by atoms with van der Waals surface area (Å²) in [6.07, 6.45) is 4.44. The van der Waals surface area contributed by atoms with Gasteiger partial charge < -0.3 is 5.73 Å². The minimum absolute atomic E-state index is 0.799. The van der Waals surface area contributed by atoms with Crippen LogP contribution in [0.15, 0.2) is 42.6 Å². The first-order valence-electron chi connectivity index (χ1n) is 4.76. The molecule has 0 spiro atoms. The van der Waals surface area contributed by atoms with Gasteiger partial charge in [-0.15, -0.1) is 0 Å². The summed E-state index contributed by atoms with van der Waals surface area (Å²) in [6, 6.07) is 10.5. The molecule has 0 fully saturated rings. The van der Waals surface area contributed by atoms with Gasteiger partial charge in [-0.2, -0.15) is 0 Å². The lowest BCUT2D eigenvalue weighted by Gasteiger charge is -2.00. The molecule has 0 aliphatic rings. The van der Waals surface area contributed by atoms with E-state index in [2.05, 4.69) is 30.8 Å². The van der Waals surface area contributed by atoms with E-state index in [1.54, 1.807) is 0 Å². The number of nitrogens with two attached hydrogens (primary N) is 1. The molecule has 0 bridgehead atoms. The van der Waals surface area contributed by atoms with Crippen molar-refractivity contribution >= 4 is 0 Å². The SMILES string of the molecule is C=C(N)CCCCc1ccccc1. The van der Waals surface area contributed by atoms with Gasteiger partial charge in [0.25, 0.3) is 0 Å². The first-order valence-corrected chi connectivity index (χ1v) is 4.76. The molecule has 1 heteroatoms. The van der Waals surface area contributed by atoms with E-state index in [9.17, 15) is 0 Å². The molecule has 0 amide bonds. The Morgan fingerprint density at radius 3 is 2.46 bits per heavy atom. The highest BCUT2D eigenvalue weighted by atomic mass is 14.5. The summed E-state index contributed by atoms with van der Waals surface area (Å²) in [5.74, 6) is 0. The Morgan fingerprint density at radius 2 is 1.85 bits per heavy atom. The number of hydrogen-bond donors (Lipinski definition) is 1. The van der Waals surface area contributed by atoms with Crippen LogP contribution >= 0.6 is 0 Å². The van der Waals surface area contributed by atoms with Crippen LogP contribution in [0.2, 0.25) is 0 Å². The average molecular weight is 175 g/mol. The van der Waals surface area contributed by atoms with E-state index in [1.165, 1.54) is 12.0 Å². The molecule has 70 valence electrons. The maximum Gasteiger partial charge on any atom is 0.000744 e. The lowest BCUT2D eigenvalue weighted by molar-refractivity contribution is 0.727. The molecule has 0 unspecified atom stereocenters. The largest absolute Gasteiger partial charge is 0.403 e. The summed E-state index contributed by atoms with van der Waals surface area (Å²) in [5, 5.41) is 0. The van der Waals surface area contributed by atoms with Gasteiger partial charge in [0, 0.05) is 5.70 Å². The van der Waals surface area contributed by atoms with Crippen LogP contribution in [0, 0.1) is 0 Å². The van der Waals surface area contributed by atoms with Crippen molar-refractivity contribution in [2.45, 2.75) is 25.7 Å². The second-order valence-corrected chi connectivity index (χ2v) is 3.35. The predicted molar refractivity (Wildman–Crippen MR) is 57.3 cm³/mol. The van der Waals surface area contributed by atoms with Crippen molar-refractivity contribution in [2.24, 2.45) is 5.73 Å². The Kier molecular flexibility index (Phi) is 4.10. The topological polar surface area (TPSA) is 26.0 Å². The number of aryl methyl sites for hydroxylation is 1. The number of rotatable bonds is 5. The van der Waals surface area contributed by atoms with Crippen molar-refractivity contribution in [3.8, 4) is 0 Å². The molecule has 1 aromatic rings. The molecule has 1 aromatic carbocycles. The third-order valence-corrected chi connectivity index (χ3v) is 2.06. The molecule has 0 atom stereocenters. The van der Waals surface area contributed by atoms with E-state index >= 15 is 0 Å². The van der Waals surface area contributed by atoms with Crippen molar-refractivity contribution in [2.75, 3.05) is 0 Å². The average Bonchev–Trinajstić information content (AvgIpc) is 2.14. The second kappa shape index (κ2) is 5.41. The molecular weight excluding hydrogens is 158 g/mol. The fourth-order valence-corrected chi connectivity index (χ4v) is 1.33. The minimum atomic E-state index is 0.799. The fourth-order valence-electron chi connectivity index (χ4n) is 1.33. The molecule has 1 nitrogen and oxygen atoms in total. The molecule has 13 heavy (non-hydrogen) atoms. The third-order valence-electron chi connectivity index (χ3n) is 2.06. The zero-order valence-corrected chi connectivity index (χ0v) is 8.00. The van der Waals surface area contributed by atoms with Crippen molar-refractivity contribution in [1.29, 1.82) is 0 Å². The Hall–Kier alpha value is -1.24. The lowest BCUT2D eigenvalue weighted by atomic mass is 10.1. The summed E-state index contributed by atoms with van der Waals surface area (Å²) in [6.45, 7) is 3.68. The fraction of sp³-hybridized carbons (Fsp3) is 0.333. The first-order chi connectivity index (χ1) is 6.29. The van der Waals surface area contributed by atoms with E-state index in [0.717, 1.165) is 25.0 Å². The number of benzene rings is 1. The summed E-state index contributed by atoms with van der Waals surface area (Å²) in [7, 11) is 0. The minimum Gasteiger partial charge on any atom is -0.403 e. The summed E-state index contributed by atoms with van der Waals surface area (Å²) in [5.41, 5.74) is 7.68. The van der Waals surface area contributed by atoms with Crippen LogP contribution in [0.3, 0.4) is 0 Å². The molecule has 0 radical (unpaired) electrons. The van der Waals surface area contributed by atoms with Crippen LogP contribution in [0.5, 0.6) is 0 Å².